The number of nitrogens with zero attached hydrogens (tertiary/aromatic N) is 2. The minimum absolute atomic E-state index is 0. The largest absolute Gasteiger partial charge is 0.383 e. The molecule has 1 aromatic heterocycles. The summed E-state index contributed by atoms with van der Waals surface area (Å²) in [5.41, 5.74) is 0.612. The summed E-state index contributed by atoms with van der Waals surface area (Å²) in [5, 5.41) is 6.10. The van der Waals surface area contributed by atoms with E-state index in [2.05, 4.69) is 20.5 Å². The molecule has 0 spiro atoms. The van der Waals surface area contributed by atoms with Crippen LogP contribution in [0.3, 0.4) is 0 Å². The van der Waals surface area contributed by atoms with Crippen molar-refractivity contribution in [3.63, 3.8) is 0 Å². The fourth-order valence-electron chi connectivity index (χ4n) is 2.26. The predicted octanol–water partition coefficient (Wildman–Crippen LogP) is 0.728. The van der Waals surface area contributed by atoms with Crippen LogP contribution < -0.4 is 15.5 Å². The number of methoxy groups -OCH3 is 1. The van der Waals surface area contributed by atoms with Crippen LogP contribution in [0.15, 0.2) is 18.3 Å². The van der Waals surface area contributed by atoms with Crippen molar-refractivity contribution in [2.45, 2.75) is 0 Å². The quantitative estimate of drug-likeness (QED) is 0.647. The summed E-state index contributed by atoms with van der Waals surface area (Å²) in [6, 6.07) is 3.60. The molecule has 9 heteroatoms. The van der Waals surface area contributed by atoms with Crippen molar-refractivity contribution < 1.29 is 14.3 Å². The van der Waals surface area contributed by atoms with Crippen LogP contribution in [-0.4, -0.2) is 70.5 Å². The van der Waals surface area contributed by atoms with Gasteiger partial charge in [-0.1, -0.05) is 0 Å². The Labute approximate surface area is 155 Å². The number of carbonyl (C=O) groups is 1. The normalized spacial score (nSPS) is 13.6. The van der Waals surface area contributed by atoms with E-state index in [0.29, 0.717) is 38.5 Å². The van der Waals surface area contributed by atoms with Gasteiger partial charge in [0.15, 0.2) is 0 Å². The Morgan fingerprint density at radius 3 is 2.75 bits per heavy atom. The average Bonchev–Trinajstić information content (AvgIpc) is 2.58. The van der Waals surface area contributed by atoms with Crippen molar-refractivity contribution in [2.24, 2.45) is 0 Å². The first-order valence-electron chi connectivity index (χ1n) is 7.58. The van der Waals surface area contributed by atoms with Crippen molar-refractivity contribution in [2.75, 3.05) is 64.6 Å². The van der Waals surface area contributed by atoms with E-state index in [1.54, 1.807) is 19.4 Å². The molecule has 2 heterocycles. The number of hydrogen-bond acceptors (Lipinski definition) is 6. The second kappa shape index (κ2) is 13.2. The van der Waals surface area contributed by atoms with Gasteiger partial charge in [0.25, 0.3) is 5.91 Å². The van der Waals surface area contributed by atoms with Crippen molar-refractivity contribution in [1.29, 1.82) is 0 Å². The number of aromatic nitrogens is 1. The first-order valence-corrected chi connectivity index (χ1v) is 7.58. The molecule has 1 aliphatic heterocycles. The van der Waals surface area contributed by atoms with Crippen LogP contribution in [0.2, 0.25) is 0 Å². The molecular formula is C15H26Cl2N4O3. The average molecular weight is 381 g/mol. The van der Waals surface area contributed by atoms with Gasteiger partial charge in [-0.05, 0) is 12.1 Å². The van der Waals surface area contributed by atoms with E-state index in [0.717, 1.165) is 25.5 Å². The van der Waals surface area contributed by atoms with E-state index >= 15 is 0 Å². The van der Waals surface area contributed by atoms with Gasteiger partial charge in [-0.25, -0.2) is 4.98 Å². The summed E-state index contributed by atoms with van der Waals surface area (Å²) in [7, 11) is 1.67. The second-order valence-electron chi connectivity index (χ2n) is 4.97. The van der Waals surface area contributed by atoms with Crippen molar-refractivity contribution in [3.8, 4) is 0 Å². The summed E-state index contributed by atoms with van der Waals surface area (Å²) in [5.74, 6) is 0.638. The first-order chi connectivity index (χ1) is 10.8. The van der Waals surface area contributed by atoms with Gasteiger partial charge in [0.2, 0.25) is 0 Å². The third-order valence-electron chi connectivity index (χ3n) is 3.41. The summed E-state index contributed by atoms with van der Waals surface area (Å²) < 4.78 is 10.3. The third kappa shape index (κ3) is 7.19. The van der Waals surface area contributed by atoms with Crippen LogP contribution >= 0.6 is 24.8 Å². The molecule has 2 N–H and O–H groups in total. The third-order valence-corrected chi connectivity index (χ3v) is 3.41. The molecule has 1 aliphatic rings. The first kappa shape index (κ1) is 22.9. The van der Waals surface area contributed by atoms with E-state index < -0.39 is 0 Å². The Kier molecular flexibility index (Phi) is 12.6. The van der Waals surface area contributed by atoms with E-state index in [1.807, 2.05) is 6.07 Å². The number of amides is 1. The van der Waals surface area contributed by atoms with E-state index in [9.17, 15) is 4.79 Å². The summed E-state index contributed by atoms with van der Waals surface area (Å²) >= 11 is 0. The SMILES string of the molecule is COCCNCCNC(=O)c1cccnc1N1CCOCC1.Cl.Cl. The Hall–Kier alpha value is -1.12. The van der Waals surface area contributed by atoms with Gasteiger partial charge in [0.05, 0.1) is 25.4 Å². The van der Waals surface area contributed by atoms with Crippen LogP contribution in [0.25, 0.3) is 0 Å². The Morgan fingerprint density at radius 1 is 1.29 bits per heavy atom. The number of nitrogens with one attached hydrogen (secondary N) is 2. The monoisotopic (exact) mass is 380 g/mol. The number of rotatable bonds is 8. The molecule has 1 saturated heterocycles. The highest BCUT2D eigenvalue weighted by atomic mass is 35.5. The maximum atomic E-state index is 12.3. The minimum atomic E-state index is -0.0943. The zero-order valence-electron chi connectivity index (χ0n) is 13.8. The highest BCUT2D eigenvalue weighted by molar-refractivity contribution is 5.98. The Bertz CT molecular complexity index is 474. The number of hydrogen-bond donors (Lipinski definition) is 2. The molecule has 0 aliphatic carbocycles. The molecule has 138 valence electrons. The molecule has 0 unspecified atom stereocenters. The lowest BCUT2D eigenvalue weighted by Crippen LogP contribution is -2.39. The topological polar surface area (TPSA) is 75.7 Å². The lowest BCUT2D eigenvalue weighted by molar-refractivity contribution is 0.0951. The van der Waals surface area contributed by atoms with Gasteiger partial charge in [-0.15, -0.1) is 24.8 Å². The van der Waals surface area contributed by atoms with Gasteiger partial charge in [0.1, 0.15) is 5.82 Å². The van der Waals surface area contributed by atoms with E-state index in [-0.39, 0.29) is 30.7 Å². The number of morpholine rings is 1. The molecule has 0 bridgehead atoms. The number of anilines is 1. The smallest absolute Gasteiger partial charge is 0.255 e. The lowest BCUT2D eigenvalue weighted by Gasteiger charge is -2.29. The van der Waals surface area contributed by atoms with E-state index in [1.165, 1.54) is 0 Å². The summed E-state index contributed by atoms with van der Waals surface area (Å²) in [6.07, 6.45) is 1.72. The van der Waals surface area contributed by atoms with Crippen LogP contribution in [0, 0.1) is 0 Å². The molecule has 2 rings (SSSR count). The molecule has 0 aromatic carbocycles. The van der Waals surface area contributed by atoms with Gasteiger partial charge in [-0.2, -0.15) is 0 Å². The molecule has 1 amide bonds. The fraction of sp³-hybridized carbons (Fsp3) is 0.600. The number of halogens is 2. The maximum Gasteiger partial charge on any atom is 0.255 e. The molecule has 0 atom stereocenters. The van der Waals surface area contributed by atoms with Crippen LogP contribution in [0.1, 0.15) is 10.4 Å². The lowest BCUT2D eigenvalue weighted by atomic mass is 10.2. The number of pyridine rings is 1. The molecule has 7 nitrogen and oxygen atoms in total. The van der Waals surface area contributed by atoms with Gasteiger partial charge < -0.3 is 25.0 Å². The van der Waals surface area contributed by atoms with Crippen LogP contribution in [-0.2, 0) is 9.47 Å². The Morgan fingerprint density at radius 2 is 2.04 bits per heavy atom. The molecule has 0 saturated carbocycles. The van der Waals surface area contributed by atoms with Gasteiger partial charge in [0, 0.05) is 46.0 Å². The molecule has 24 heavy (non-hydrogen) atoms. The van der Waals surface area contributed by atoms with Gasteiger partial charge >= 0.3 is 0 Å². The number of ether oxygens (including phenoxy) is 2. The zero-order valence-corrected chi connectivity index (χ0v) is 15.5. The summed E-state index contributed by atoms with van der Waals surface area (Å²) in [4.78, 5) is 18.8. The van der Waals surface area contributed by atoms with E-state index in [4.69, 9.17) is 9.47 Å². The molecule has 1 fully saturated rings. The highest BCUT2D eigenvalue weighted by Crippen LogP contribution is 2.18. The fourth-order valence-corrected chi connectivity index (χ4v) is 2.26. The van der Waals surface area contributed by atoms with Crippen LogP contribution in [0.5, 0.6) is 0 Å². The standard InChI is InChI=1S/C15H24N4O3.2ClH/c1-21-10-7-16-5-6-18-15(20)13-3-2-4-17-14(13)19-8-11-22-12-9-19;;/h2-4,16H,5-12H2,1H3,(H,18,20);2*1H. The molecule has 0 radical (unpaired) electrons. The minimum Gasteiger partial charge on any atom is -0.383 e. The van der Waals surface area contributed by atoms with Crippen LogP contribution in [0.4, 0.5) is 5.82 Å². The zero-order chi connectivity index (χ0) is 15.6. The van der Waals surface area contributed by atoms with Crippen molar-refractivity contribution >= 4 is 36.5 Å². The number of carbonyl (C=O) groups excluding carboxylic acids is 1. The second-order valence-corrected chi connectivity index (χ2v) is 4.97. The predicted molar refractivity (Wildman–Crippen MR) is 98.8 cm³/mol. The van der Waals surface area contributed by atoms with Gasteiger partial charge in [-0.3, -0.25) is 4.79 Å². The van der Waals surface area contributed by atoms with Crippen molar-refractivity contribution in [3.05, 3.63) is 23.9 Å². The van der Waals surface area contributed by atoms with Crippen molar-refractivity contribution in [1.82, 2.24) is 15.6 Å². The molecular weight excluding hydrogens is 355 g/mol. The highest BCUT2D eigenvalue weighted by Gasteiger charge is 2.19. The molecule has 1 aromatic rings. The maximum absolute atomic E-state index is 12.3. The Balaban J connectivity index is 0.00000264. The summed E-state index contributed by atoms with van der Waals surface area (Å²) in [6.45, 7) is 5.58.